The molecule has 2 heterocycles. The highest BCUT2D eigenvalue weighted by molar-refractivity contribution is 8.00. The number of hydrogen-bond donors (Lipinski definition) is 2. The summed E-state index contributed by atoms with van der Waals surface area (Å²) < 4.78 is 11.2. The molecule has 7 nitrogen and oxygen atoms in total. The Labute approximate surface area is 242 Å². The number of para-hydroxylation sites is 1. The first kappa shape index (κ1) is 26.4. The standard InChI is InChI=1S/C31H29N3O4S2/c1-2-27(30(35)32-21-14-15-25-26(19-21)38-17-16-37-25)39-22-9-7-8-20(18-22)33-31(36)34-23-10-3-5-12-28(23)40-29-13-6-4-11-24(29)34/h3-15,18-19,23,27-28H,2,16-17H2,1H3,(H,32,35)(H,33,36). The van der Waals surface area contributed by atoms with Crippen LogP contribution in [0.1, 0.15) is 13.3 Å². The molecule has 1 aliphatic carbocycles. The Morgan fingerprint density at radius 1 is 0.950 bits per heavy atom. The van der Waals surface area contributed by atoms with Gasteiger partial charge in [0, 0.05) is 27.2 Å². The summed E-state index contributed by atoms with van der Waals surface area (Å²) >= 11 is 3.25. The molecular formula is C31H29N3O4S2. The monoisotopic (exact) mass is 571 g/mol. The zero-order valence-electron chi connectivity index (χ0n) is 21.9. The minimum Gasteiger partial charge on any atom is -0.486 e. The van der Waals surface area contributed by atoms with Crippen LogP contribution in [0, 0.1) is 0 Å². The van der Waals surface area contributed by atoms with Gasteiger partial charge in [-0.1, -0.05) is 49.4 Å². The van der Waals surface area contributed by atoms with Gasteiger partial charge < -0.3 is 20.1 Å². The minimum atomic E-state index is -0.315. The second-order valence-corrected chi connectivity index (χ2v) is 12.0. The van der Waals surface area contributed by atoms with Crippen molar-refractivity contribution in [3.63, 3.8) is 0 Å². The van der Waals surface area contributed by atoms with Gasteiger partial charge >= 0.3 is 6.03 Å². The molecule has 9 heteroatoms. The van der Waals surface area contributed by atoms with E-state index in [1.54, 1.807) is 17.8 Å². The van der Waals surface area contributed by atoms with Gasteiger partial charge in [-0.15, -0.1) is 23.5 Å². The van der Waals surface area contributed by atoms with Crippen molar-refractivity contribution < 1.29 is 19.1 Å². The van der Waals surface area contributed by atoms with Crippen LogP contribution in [0.2, 0.25) is 0 Å². The average molecular weight is 572 g/mol. The third kappa shape index (κ3) is 5.57. The van der Waals surface area contributed by atoms with Crippen LogP contribution in [0.5, 0.6) is 11.5 Å². The van der Waals surface area contributed by atoms with Crippen molar-refractivity contribution in [2.24, 2.45) is 0 Å². The second kappa shape index (κ2) is 11.7. The lowest BCUT2D eigenvalue weighted by molar-refractivity contribution is -0.115. The fourth-order valence-corrected chi connectivity index (χ4v) is 7.16. The molecule has 0 bridgehead atoms. The molecule has 6 rings (SSSR count). The third-order valence-electron chi connectivity index (χ3n) is 6.80. The van der Waals surface area contributed by atoms with E-state index in [2.05, 4.69) is 28.9 Å². The minimum absolute atomic E-state index is 0.0730. The van der Waals surface area contributed by atoms with Gasteiger partial charge in [-0.3, -0.25) is 9.69 Å². The highest BCUT2D eigenvalue weighted by Crippen LogP contribution is 2.44. The van der Waals surface area contributed by atoms with Crippen LogP contribution in [0.4, 0.5) is 21.9 Å². The van der Waals surface area contributed by atoms with Crippen LogP contribution >= 0.6 is 23.5 Å². The molecule has 40 heavy (non-hydrogen) atoms. The van der Waals surface area contributed by atoms with Crippen LogP contribution in [0.3, 0.4) is 0 Å². The van der Waals surface area contributed by atoms with Crippen LogP contribution in [0.25, 0.3) is 0 Å². The number of hydrogen-bond acceptors (Lipinski definition) is 6. The number of benzene rings is 3. The van der Waals surface area contributed by atoms with Crippen LogP contribution < -0.4 is 25.0 Å². The Morgan fingerprint density at radius 2 is 1.75 bits per heavy atom. The van der Waals surface area contributed by atoms with Crippen molar-refractivity contribution in [1.29, 1.82) is 0 Å². The first-order chi connectivity index (χ1) is 19.6. The largest absolute Gasteiger partial charge is 0.486 e. The third-order valence-corrected chi connectivity index (χ3v) is 9.46. The lowest BCUT2D eigenvalue weighted by atomic mass is 10.1. The maximum absolute atomic E-state index is 13.6. The summed E-state index contributed by atoms with van der Waals surface area (Å²) in [6, 6.07) is 20.8. The Morgan fingerprint density at radius 3 is 2.62 bits per heavy atom. The SMILES string of the molecule is CCC(Sc1cccc(NC(=O)N2c3ccccc3SC3C=CC=CC32)c1)C(=O)Nc1ccc2c(c1)OCCO2. The van der Waals surface area contributed by atoms with Crippen LogP contribution in [0.15, 0.2) is 101 Å². The van der Waals surface area contributed by atoms with E-state index in [-0.39, 0.29) is 28.5 Å². The van der Waals surface area contributed by atoms with E-state index in [1.807, 2.05) is 78.6 Å². The van der Waals surface area contributed by atoms with E-state index in [0.29, 0.717) is 42.5 Å². The first-order valence-electron chi connectivity index (χ1n) is 13.3. The summed E-state index contributed by atoms with van der Waals surface area (Å²) in [6.45, 7) is 3.00. The molecule has 3 aromatic carbocycles. The van der Waals surface area contributed by atoms with Gasteiger partial charge in [-0.25, -0.2) is 4.79 Å². The van der Waals surface area contributed by atoms with Crippen molar-refractivity contribution in [3.8, 4) is 11.5 Å². The fraction of sp³-hybridized carbons (Fsp3) is 0.226. The molecule has 3 unspecified atom stereocenters. The predicted octanol–water partition coefficient (Wildman–Crippen LogP) is 6.97. The molecule has 0 fully saturated rings. The number of fused-ring (bicyclic) bond motifs is 3. The molecule has 2 N–H and O–H groups in total. The molecule has 0 spiro atoms. The molecule has 0 saturated heterocycles. The number of urea groups is 1. The van der Waals surface area contributed by atoms with Crippen molar-refractivity contribution in [2.75, 3.05) is 28.7 Å². The Hall–Kier alpha value is -3.82. The summed E-state index contributed by atoms with van der Waals surface area (Å²) in [5.74, 6) is 1.22. The van der Waals surface area contributed by atoms with Crippen molar-refractivity contribution >= 4 is 52.5 Å². The summed E-state index contributed by atoms with van der Waals surface area (Å²) in [5, 5.41) is 5.94. The summed E-state index contributed by atoms with van der Waals surface area (Å²) in [6.07, 6.45) is 8.89. The van der Waals surface area contributed by atoms with E-state index < -0.39 is 0 Å². The molecule has 3 atom stereocenters. The van der Waals surface area contributed by atoms with Crippen molar-refractivity contribution in [1.82, 2.24) is 0 Å². The Bertz CT molecular complexity index is 1490. The highest BCUT2D eigenvalue weighted by atomic mass is 32.2. The van der Waals surface area contributed by atoms with Crippen molar-refractivity contribution in [3.05, 3.63) is 91.0 Å². The van der Waals surface area contributed by atoms with Gasteiger partial charge in [-0.05, 0) is 48.9 Å². The number of ether oxygens (including phenoxy) is 2. The van der Waals surface area contributed by atoms with E-state index in [9.17, 15) is 9.59 Å². The molecule has 3 aliphatic rings. The highest BCUT2D eigenvalue weighted by Gasteiger charge is 2.36. The maximum atomic E-state index is 13.6. The zero-order chi connectivity index (χ0) is 27.5. The summed E-state index contributed by atoms with van der Waals surface area (Å²) in [7, 11) is 0. The molecule has 2 aliphatic heterocycles. The van der Waals surface area contributed by atoms with Gasteiger partial charge in [0.05, 0.1) is 22.2 Å². The lowest BCUT2D eigenvalue weighted by Crippen LogP contribution is -2.49. The number of allylic oxidation sites excluding steroid dienone is 2. The van der Waals surface area contributed by atoms with Crippen LogP contribution in [-0.4, -0.2) is 41.7 Å². The van der Waals surface area contributed by atoms with Gasteiger partial charge in [0.2, 0.25) is 5.91 Å². The number of anilines is 3. The molecular weight excluding hydrogens is 542 g/mol. The van der Waals surface area contributed by atoms with Gasteiger partial charge in [0.15, 0.2) is 11.5 Å². The maximum Gasteiger partial charge on any atom is 0.326 e. The van der Waals surface area contributed by atoms with Gasteiger partial charge in [-0.2, -0.15) is 0 Å². The van der Waals surface area contributed by atoms with E-state index in [1.165, 1.54) is 11.8 Å². The first-order valence-corrected chi connectivity index (χ1v) is 15.0. The van der Waals surface area contributed by atoms with E-state index in [0.717, 1.165) is 15.5 Å². The number of thioether (sulfide) groups is 2. The zero-order valence-corrected chi connectivity index (χ0v) is 23.5. The molecule has 0 radical (unpaired) electrons. The quantitative estimate of drug-likeness (QED) is 0.311. The molecule has 204 valence electrons. The predicted molar refractivity (Wildman–Crippen MR) is 162 cm³/mol. The Balaban J connectivity index is 1.15. The molecule has 3 amide bonds. The number of amides is 3. The fourth-order valence-electron chi connectivity index (χ4n) is 4.89. The number of carbonyl (C=O) groups excluding carboxylic acids is 2. The normalized spacial score (nSPS) is 19.3. The number of rotatable bonds is 6. The van der Waals surface area contributed by atoms with Crippen LogP contribution in [-0.2, 0) is 4.79 Å². The number of nitrogens with one attached hydrogen (secondary N) is 2. The van der Waals surface area contributed by atoms with Crippen molar-refractivity contribution in [2.45, 2.75) is 39.7 Å². The average Bonchev–Trinajstić information content (AvgIpc) is 2.98. The number of carbonyl (C=O) groups is 2. The second-order valence-electron chi connectivity index (χ2n) is 9.50. The topological polar surface area (TPSA) is 79.9 Å². The molecule has 0 aromatic heterocycles. The lowest BCUT2D eigenvalue weighted by Gasteiger charge is -2.40. The summed E-state index contributed by atoms with van der Waals surface area (Å²) in [4.78, 5) is 30.6. The molecule has 3 aromatic rings. The molecule has 0 saturated carbocycles. The smallest absolute Gasteiger partial charge is 0.326 e. The van der Waals surface area contributed by atoms with Gasteiger partial charge in [0.1, 0.15) is 13.2 Å². The van der Waals surface area contributed by atoms with E-state index in [4.69, 9.17) is 9.47 Å². The van der Waals surface area contributed by atoms with Gasteiger partial charge in [0.25, 0.3) is 0 Å². The Kier molecular flexibility index (Phi) is 7.75. The van der Waals surface area contributed by atoms with E-state index >= 15 is 0 Å². The summed E-state index contributed by atoms with van der Waals surface area (Å²) in [5.41, 5.74) is 2.25. The number of nitrogens with zero attached hydrogens (tertiary/aromatic N) is 1.